The van der Waals surface area contributed by atoms with Crippen LogP contribution in [0.3, 0.4) is 0 Å². The Morgan fingerprint density at radius 2 is 2.00 bits per heavy atom. The van der Waals surface area contributed by atoms with Crippen LogP contribution >= 0.6 is 11.6 Å². The minimum absolute atomic E-state index is 0.123. The fourth-order valence-corrected chi connectivity index (χ4v) is 2.68. The van der Waals surface area contributed by atoms with E-state index in [4.69, 9.17) is 16.3 Å². The molecular weight excluding hydrogens is 328 g/mol. The van der Waals surface area contributed by atoms with Crippen LogP contribution in [0, 0.1) is 0 Å². The second-order valence-corrected chi connectivity index (χ2v) is 6.07. The molecule has 0 unspecified atom stereocenters. The molecule has 2 aromatic rings. The standard InChI is InChI=1S/C18H17ClN2O3/c1-2-24-18(23)16(22)9-15-13(12-5-3-4-6-14(12)19)10-20-17(21-15)11-7-8-11/h3-6,10-11H,2,7-9H2,1H3. The quantitative estimate of drug-likeness (QED) is 0.593. The molecule has 1 aliphatic rings. The average Bonchev–Trinajstić information content (AvgIpc) is 3.41. The van der Waals surface area contributed by atoms with Crippen molar-refractivity contribution in [2.24, 2.45) is 0 Å². The molecular formula is C18H17ClN2O3. The van der Waals surface area contributed by atoms with E-state index in [1.165, 1.54) is 0 Å². The molecule has 0 saturated heterocycles. The van der Waals surface area contributed by atoms with Crippen LogP contribution in [0.2, 0.25) is 5.02 Å². The molecule has 1 fully saturated rings. The molecule has 0 atom stereocenters. The zero-order chi connectivity index (χ0) is 17.1. The minimum Gasteiger partial charge on any atom is -0.460 e. The molecule has 3 rings (SSSR count). The van der Waals surface area contributed by atoms with Gasteiger partial charge in [-0.15, -0.1) is 0 Å². The number of rotatable bonds is 6. The average molecular weight is 345 g/mol. The van der Waals surface area contributed by atoms with Crippen LogP contribution < -0.4 is 0 Å². The van der Waals surface area contributed by atoms with Gasteiger partial charge in [0.1, 0.15) is 5.82 Å². The number of halogens is 1. The van der Waals surface area contributed by atoms with Gasteiger partial charge in [0, 0.05) is 28.3 Å². The fraction of sp³-hybridized carbons (Fsp3) is 0.333. The van der Waals surface area contributed by atoms with Crippen molar-refractivity contribution in [3.8, 4) is 11.1 Å². The van der Waals surface area contributed by atoms with Crippen molar-refractivity contribution in [3.63, 3.8) is 0 Å². The highest BCUT2D eigenvalue weighted by atomic mass is 35.5. The molecule has 0 aliphatic heterocycles. The van der Waals surface area contributed by atoms with Crippen molar-refractivity contribution in [2.45, 2.75) is 32.1 Å². The molecule has 0 spiro atoms. The van der Waals surface area contributed by atoms with Gasteiger partial charge in [-0.05, 0) is 25.8 Å². The van der Waals surface area contributed by atoms with Crippen LogP contribution in [0.5, 0.6) is 0 Å². The molecule has 124 valence electrons. The molecule has 5 nitrogen and oxygen atoms in total. The highest BCUT2D eigenvalue weighted by Crippen LogP contribution is 2.39. The number of nitrogens with zero attached hydrogens (tertiary/aromatic N) is 2. The summed E-state index contributed by atoms with van der Waals surface area (Å²) in [7, 11) is 0. The molecule has 0 bridgehead atoms. The number of benzene rings is 1. The molecule has 24 heavy (non-hydrogen) atoms. The van der Waals surface area contributed by atoms with E-state index in [1.54, 1.807) is 19.2 Å². The van der Waals surface area contributed by atoms with Crippen LogP contribution in [-0.4, -0.2) is 28.3 Å². The summed E-state index contributed by atoms with van der Waals surface area (Å²) < 4.78 is 4.78. The SMILES string of the molecule is CCOC(=O)C(=O)Cc1nc(C2CC2)ncc1-c1ccccc1Cl. The van der Waals surface area contributed by atoms with E-state index in [-0.39, 0.29) is 13.0 Å². The van der Waals surface area contributed by atoms with Gasteiger partial charge in [0.15, 0.2) is 0 Å². The van der Waals surface area contributed by atoms with Crippen molar-refractivity contribution in [2.75, 3.05) is 6.61 Å². The second kappa shape index (κ2) is 7.09. The van der Waals surface area contributed by atoms with Gasteiger partial charge in [-0.3, -0.25) is 4.79 Å². The maximum atomic E-state index is 12.1. The first-order valence-corrected chi connectivity index (χ1v) is 8.28. The van der Waals surface area contributed by atoms with Crippen molar-refractivity contribution >= 4 is 23.4 Å². The lowest BCUT2D eigenvalue weighted by molar-refractivity contribution is -0.153. The van der Waals surface area contributed by atoms with Crippen molar-refractivity contribution in [3.05, 3.63) is 47.0 Å². The summed E-state index contributed by atoms with van der Waals surface area (Å²) >= 11 is 6.26. The predicted octanol–water partition coefficient (Wildman–Crippen LogP) is 3.35. The first kappa shape index (κ1) is 16.6. The Bertz CT molecular complexity index is 788. The lowest BCUT2D eigenvalue weighted by atomic mass is 10.0. The van der Waals surface area contributed by atoms with Crippen LogP contribution in [0.15, 0.2) is 30.5 Å². The number of hydrogen-bond acceptors (Lipinski definition) is 5. The smallest absolute Gasteiger partial charge is 0.375 e. The maximum Gasteiger partial charge on any atom is 0.375 e. The van der Waals surface area contributed by atoms with E-state index in [9.17, 15) is 9.59 Å². The van der Waals surface area contributed by atoms with E-state index >= 15 is 0 Å². The Balaban J connectivity index is 1.98. The highest BCUT2D eigenvalue weighted by Gasteiger charge is 2.28. The zero-order valence-electron chi connectivity index (χ0n) is 13.3. The number of aromatic nitrogens is 2. The third-order valence-corrected chi connectivity index (χ3v) is 4.15. The van der Waals surface area contributed by atoms with E-state index in [2.05, 4.69) is 9.97 Å². The first-order chi connectivity index (χ1) is 11.6. The van der Waals surface area contributed by atoms with Gasteiger partial charge in [0.25, 0.3) is 0 Å². The number of esters is 1. The molecule has 0 N–H and O–H groups in total. The number of Topliss-reactive ketones (excluding diaryl/α,β-unsaturated/α-hetero) is 1. The molecule has 0 amide bonds. The van der Waals surface area contributed by atoms with E-state index in [1.807, 2.05) is 18.2 Å². The topological polar surface area (TPSA) is 69.2 Å². The Morgan fingerprint density at radius 1 is 1.25 bits per heavy atom. The van der Waals surface area contributed by atoms with Crippen LogP contribution in [0.25, 0.3) is 11.1 Å². The molecule has 1 heterocycles. The number of carbonyl (C=O) groups is 2. The van der Waals surface area contributed by atoms with Crippen LogP contribution in [-0.2, 0) is 20.7 Å². The zero-order valence-corrected chi connectivity index (χ0v) is 14.0. The summed E-state index contributed by atoms with van der Waals surface area (Å²) in [6, 6.07) is 7.29. The molecule has 1 aromatic heterocycles. The lowest BCUT2D eigenvalue weighted by Gasteiger charge is -2.11. The number of hydrogen-bond donors (Lipinski definition) is 0. The summed E-state index contributed by atoms with van der Waals surface area (Å²) in [5, 5.41) is 0.546. The van der Waals surface area contributed by atoms with E-state index < -0.39 is 11.8 Å². The summed E-state index contributed by atoms with van der Waals surface area (Å²) in [6.07, 6.45) is 3.67. The molecule has 6 heteroatoms. The van der Waals surface area contributed by atoms with Gasteiger partial charge >= 0.3 is 5.97 Å². The summed E-state index contributed by atoms with van der Waals surface area (Å²) in [5.41, 5.74) is 1.92. The molecule has 1 aromatic carbocycles. The van der Waals surface area contributed by atoms with Gasteiger partial charge < -0.3 is 4.74 Å². The normalized spacial score (nSPS) is 13.6. The second-order valence-electron chi connectivity index (χ2n) is 5.66. The van der Waals surface area contributed by atoms with Crippen molar-refractivity contribution in [1.29, 1.82) is 0 Å². The Morgan fingerprint density at radius 3 is 2.67 bits per heavy atom. The Kier molecular flexibility index (Phi) is 4.90. The Hall–Kier alpha value is -2.27. The Labute approximate surface area is 145 Å². The van der Waals surface area contributed by atoms with E-state index in [0.717, 1.165) is 24.2 Å². The van der Waals surface area contributed by atoms with Crippen molar-refractivity contribution < 1.29 is 14.3 Å². The molecule has 1 aliphatic carbocycles. The van der Waals surface area contributed by atoms with Gasteiger partial charge in [0.05, 0.1) is 18.7 Å². The van der Waals surface area contributed by atoms with Crippen LogP contribution in [0.4, 0.5) is 0 Å². The van der Waals surface area contributed by atoms with Gasteiger partial charge in [-0.2, -0.15) is 0 Å². The summed E-state index contributed by atoms with van der Waals surface area (Å²) in [6.45, 7) is 1.83. The number of carbonyl (C=O) groups excluding carboxylic acids is 2. The summed E-state index contributed by atoms with van der Waals surface area (Å²) in [4.78, 5) is 32.7. The fourth-order valence-electron chi connectivity index (χ4n) is 2.45. The molecule has 1 saturated carbocycles. The van der Waals surface area contributed by atoms with Gasteiger partial charge in [0.2, 0.25) is 5.78 Å². The minimum atomic E-state index is -0.839. The number of ketones is 1. The monoisotopic (exact) mass is 344 g/mol. The van der Waals surface area contributed by atoms with E-state index in [0.29, 0.717) is 22.2 Å². The number of ether oxygens (including phenoxy) is 1. The predicted molar refractivity (Wildman–Crippen MR) is 89.8 cm³/mol. The summed E-state index contributed by atoms with van der Waals surface area (Å²) in [5.74, 6) is -0.390. The third kappa shape index (κ3) is 3.62. The highest BCUT2D eigenvalue weighted by molar-refractivity contribution is 6.34. The maximum absolute atomic E-state index is 12.1. The largest absolute Gasteiger partial charge is 0.460 e. The first-order valence-electron chi connectivity index (χ1n) is 7.90. The van der Waals surface area contributed by atoms with Crippen molar-refractivity contribution in [1.82, 2.24) is 9.97 Å². The van der Waals surface area contributed by atoms with Gasteiger partial charge in [-0.1, -0.05) is 29.8 Å². The molecule has 0 radical (unpaired) electrons. The lowest BCUT2D eigenvalue weighted by Crippen LogP contribution is -2.20. The third-order valence-electron chi connectivity index (χ3n) is 3.82. The van der Waals surface area contributed by atoms with Crippen LogP contribution in [0.1, 0.15) is 37.2 Å². The van der Waals surface area contributed by atoms with Gasteiger partial charge in [-0.25, -0.2) is 14.8 Å².